The number of phenolic OH excluding ortho intramolecular Hbond substituents is 1. The molecule has 3 heterocycles. The van der Waals surface area contributed by atoms with Crippen molar-refractivity contribution < 1.29 is 9.84 Å². The molecule has 1 N–H and O–H groups in total. The van der Waals surface area contributed by atoms with Gasteiger partial charge in [-0.3, -0.25) is 14.2 Å². The van der Waals surface area contributed by atoms with Crippen molar-refractivity contribution in [2.45, 2.75) is 19.8 Å². The first kappa shape index (κ1) is 17.8. The molecule has 2 aromatic heterocycles. The predicted molar refractivity (Wildman–Crippen MR) is 108 cm³/mol. The molecule has 0 saturated carbocycles. The van der Waals surface area contributed by atoms with Gasteiger partial charge in [-0.25, -0.2) is 4.98 Å². The van der Waals surface area contributed by atoms with E-state index in [2.05, 4.69) is 9.98 Å². The van der Waals surface area contributed by atoms with Crippen LogP contribution >= 0.6 is 22.9 Å². The van der Waals surface area contributed by atoms with Gasteiger partial charge in [0.25, 0.3) is 5.56 Å². The van der Waals surface area contributed by atoms with E-state index in [0.29, 0.717) is 27.4 Å². The second-order valence-electron chi connectivity index (χ2n) is 6.08. The number of hydrogen-bond acceptors (Lipinski definition) is 6. The number of aliphatic imine (C=N–C) groups is 1. The Morgan fingerprint density at radius 3 is 3.00 bits per heavy atom. The molecule has 138 valence electrons. The molecule has 4 rings (SSSR count). The third kappa shape index (κ3) is 3.36. The maximum atomic E-state index is 12.7. The van der Waals surface area contributed by atoms with Gasteiger partial charge in [-0.05, 0) is 30.2 Å². The summed E-state index contributed by atoms with van der Waals surface area (Å²) in [5.41, 5.74) is 2.30. The quantitative estimate of drug-likeness (QED) is 0.711. The number of hydrogen-bond donors (Lipinski definition) is 1. The van der Waals surface area contributed by atoms with Gasteiger partial charge < -0.3 is 9.84 Å². The molecule has 1 aromatic carbocycles. The van der Waals surface area contributed by atoms with Gasteiger partial charge in [-0.15, -0.1) is 0 Å². The van der Waals surface area contributed by atoms with Crippen LogP contribution in [0.5, 0.6) is 11.5 Å². The lowest BCUT2D eigenvalue weighted by atomic mass is 10.2. The minimum Gasteiger partial charge on any atom is -0.503 e. The molecule has 1 aliphatic heterocycles. The number of phenols is 1. The number of imidazole rings is 1. The lowest BCUT2D eigenvalue weighted by Gasteiger charge is -2.09. The first-order valence-corrected chi connectivity index (χ1v) is 9.66. The first-order chi connectivity index (χ1) is 13.1. The molecule has 1 aliphatic rings. The number of aromatic nitrogens is 2. The number of aromatic hydroxyl groups is 1. The minimum absolute atomic E-state index is 0.0951. The molecule has 0 atom stereocenters. The molecule has 6 nitrogen and oxygen atoms in total. The summed E-state index contributed by atoms with van der Waals surface area (Å²) in [7, 11) is 0. The Morgan fingerprint density at radius 2 is 2.30 bits per heavy atom. The van der Waals surface area contributed by atoms with Crippen LogP contribution in [0.15, 0.2) is 34.3 Å². The number of ether oxygens (including phenoxy) is 1. The summed E-state index contributed by atoms with van der Waals surface area (Å²) >= 11 is 7.40. The standard InChI is InChI=1S/C19H16ClN3O3S/c1-2-5-26-15-7-11(6-13(20)17(15)24)8-16-18(25)23-10-14(22-19(23)27-16)12-3-4-21-9-12/h4,6-10,24H,2-3,5H2,1H3/b16-8-. The van der Waals surface area contributed by atoms with Gasteiger partial charge in [0.05, 0.1) is 21.9 Å². The molecule has 0 spiro atoms. The molecule has 0 unspecified atom stereocenters. The fraction of sp³-hybridized carbons (Fsp3) is 0.211. The molecule has 27 heavy (non-hydrogen) atoms. The molecule has 0 amide bonds. The van der Waals surface area contributed by atoms with E-state index in [-0.39, 0.29) is 16.3 Å². The van der Waals surface area contributed by atoms with Crippen molar-refractivity contribution in [1.29, 1.82) is 0 Å². The van der Waals surface area contributed by atoms with E-state index in [1.54, 1.807) is 35.0 Å². The molecular weight excluding hydrogens is 386 g/mol. The van der Waals surface area contributed by atoms with Crippen LogP contribution in [0, 0.1) is 0 Å². The maximum absolute atomic E-state index is 12.7. The molecular formula is C19H16ClN3O3S. The van der Waals surface area contributed by atoms with Crippen LogP contribution in [-0.4, -0.2) is 27.3 Å². The van der Waals surface area contributed by atoms with Gasteiger partial charge >= 0.3 is 0 Å². The summed E-state index contributed by atoms with van der Waals surface area (Å²) in [5, 5.41) is 10.2. The lowest BCUT2D eigenvalue weighted by Crippen LogP contribution is -2.22. The van der Waals surface area contributed by atoms with E-state index >= 15 is 0 Å². The molecule has 0 aliphatic carbocycles. The number of allylic oxidation sites excluding steroid dienone is 1. The van der Waals surface area contributed by atoms with Gasteiger partial charge in [-0.1, -0.05) is 29.9 Å². The first-order valence-electron chi connectivity index (χ1n) is 8.47. The Labute approximate surface area is 163 Å². The number of rotatable bonds is 5. The van der Waals surface area contributed by atoms with Crippen molar-refractivity contribution in [1.82, 2.24) is 9.38 Å². The molecule has 3 aromatic rings. The molecule has 0 fully saturated rings. The van der Waals surface area contributed by atoms with Gasteiger partial charge in [0, 0.05) is 30.6 Å². The Kier molecular flexibility index (Phi) is 4.72. The number of benzene rings is 1. The monoisotopic (exact) mass is 401 g/mol. The molecule has 8 heteroatoms. The van der Waals surface area contributed by atoms with Crippen LogP contribution in [0.3, 0.4) is 0 Å². The summed E-state index contributed by atoms with van der Waals surface area (Å²) < 4.78 is 7.60. The topological polar surface area (TPSA) is 76.2 Å². The van der Waals surface area contributed by atoms with Crippen molar-refractivity contribution in [3.8, 4) is 11.5 Å². The van der Waals surface area contributed by atoms with Crippen molar-refractivity contribution in [2.75, 3.05) is 6.61 Å². The number of nitrogens with zero attached hydrogens (tertiary/aromatic N) is 3. The summed E-state index contributed by atoms with van der Waals surface area (Å²) in [6.45, 7) is 2.44. The van der Waals surface area contributed by atoms with Crippen molar-refractivity contribution in [3.05, 3.63) is 55.7 Å². The number of fused-ring (bicyclic) bond motifs is 1. The van der Waals surface area contributed by atoms with Crippen LogP contribution in [0.2, 0.25) is 5.02 Å². The summed E-state index contributed by atoms with van der Waals surface area (Å²) in [6.07, 6.45) is 8.58. The highest BCUT2D eigenvalue weighted by Gasteiger charge is 2.14. The van der Waals surface area contributed by atoms with E-state index in [9.17, 15) is 9.90 Å². The zero-order chi connectivity index (χ0) is 19.0. The Bertz CT molecular complexity index is 1190. The van der Waals surface area contributed by atoms with Crippen LogP contribution in [0.1, 0.15) is 31.0 Å². The highest BCUT2D eigenvalue weighted by atomic mass is 35.5. The molecule has 0 radical (unpaired) electrons. The summed E-state index contributed by atoms with van der Waals surface area (Å²) in [6, 6.07) is 3.27. The van der Waals surface area contributed by atoms with Crippen LogP contribution in [-0.2, 0) is 0 Å². The van der Waals surface area contributed by atoms with Crippen molar-refractivity contribution in [2.24, 2.45) is 4.99 Å². The second-order valence-corrected chi connectivity index (χ2v) is 7.50. The normalized spacial score (nSPS) is 14.3. The number of thiazole rings is 1. The predicted octanol–water partition coefficient (Wildman–Crippen LogP) is 3.27. The van der Waals surface area contributed by atoms with Gasteiger partial charge in [0.2, 0.25) is 0 Å². The Morgan fingerprint density at radius 1 is 1.44 bits per heavy atom. The largest absolute Gasteiger partial charge is 0.503 e. The van der Waals surface area contributed by atoms with E-state index in [4.69, 9.17) is 16.3 Å². The molecule has 0 saturated heterocycles. The smallest absolute Gasteiger partial charge is 0.274 e. The van der Waals surface area contributed by atoms with Crippen molar-refractivity contribution in [3.63, 3.8) is 0 Å². The fourth-order valence-electron chi connectivity index (χ4n) is 2.76. The van der Waals surface area contributed by atoms with Gasteiger partial charge in [-0.2, -0.15) is 0 Å². The average molecular weight is 402 g/mol. The van der Waals surface area contributed by atoms with Crippen molar-refractivity contribution >= 4 is 45.8 Å². The maximum Gasteiger partial charge on any atom is 0.274 e. The highest BCUT2D eigenvalue weighted by molar-refractivity contribution is 7.15. The SMILES string of the molecule is CCCOc1cc(/C=c2\sc3nc(C4=CN=CC4)cn3c2=O)cc(Cl)c1O. The average Bonchev–Trinajstić information content (AvgIpc) is 3.36. The lowest BCUT2D eigenvalue weighted by molar-refractivity contribution is 0.299. The zero-order valence-electron chi connectivity index (χ0n) is 14.5. The van der Waals surface area contributed by atoms with Crippen LogP contribution in [0.4, 0.5) is 0 Å². The zero-order valence-corrected chi connectivity index (χ0v) is 16.0. The third-order valence-corrected chi connectivity index (χ3v) is 5.36. The van der Waals surface area contributed by atoms with E-state index < -0.39 is 0 Å². The minimum atomic E-state index is -0.145. The highest BCUT2D eigenvalue weighted by Crippen LogP contribution is 2.35. The fourth-order valence-corrected chi connectivity index (χ4v) is 3.93. The van der Waals surface area contributed by atoms with E-state index in [1.807, 2.05) is 13.1 Å². The van der Waals surface area contributed by atoms with E-state index in [0.717, 1.165) is 24.1 Å². The number of halogens is 1. The van der Waals surface area contributed by atoms with E-state index in [1.165, 1.54) is 11.3 Å². The summed E-state index contributed by atoms with van der Waals surface area (Å²) in [5.74, 6) is 0.210. The van der Waals surface area contributed by atoms with Gasteiger partial charge in [0.15, 0.2) is 16.5 Å². The third-order valence-electron chi connectivity index (χ3n) is 4.09. The van der Waals surface area contributed by atoms with Crippen LogP contribution < -0.4 is 14.8 Å². The van der Waals surface area contributed by atoms with Gasteiger partial charge in [0.1, 0.15) is 0 Å². The summed E-state index contributed by atoms with van der Waals surface area (Å²) in [4.78, 5) is 21.9. The molecule has 0 bridgehead atoms. The Balaban J connectivity index is 1.75. The Hall–Kier alpha value is -2.64. The second kappa shape index (κ2) is 7.17. The van der Waals surface area contributed by atoms with Crippen LogP contribution in [0.25, 0.3) is 16.6 Å².